The van der Waals surface area contributed by atoms with E-state index in [2.05, 4.69) is 22.7 Å². The molecule has 1 aliphatic heterocycles. The zero-order valence-corrected chi connectivity index (χ0v) is 15.1. The maximum absolute atomic E-state index is 12.3. The zero-order valence-electron chi connectivity index (χ0n) is 15.1. The summed E-state index contributed by atoms with van der Waals surface area (Å²) in [4.78, 5) is 12.3. The van der Waals surface area contributed by atoms with Crippen molar-refractivity contribution < 1.29 is 9.53 Å². The highest BCUT2D eigenvalue weighted by Gasteiger charge is 2.33. The largest absolute Gasteiger partial charge is 0.381 e. The molecule has 2 N–H and O–H groups in total. The van der Waals surface area contributed by atoms with Gasteiger partial charge in [0.25, 0.3) is 0 Å². The lowest BCUT2D eigenvalue weighted by Crippen LogP contribution is -2.59. The highest BCUT2D eigenvalue weighted by molar-refractivity contribution is 5.76. The lowest BCUT2D eigenvalue weighted by Gasteiger charge is -2.41. The van der Waals surface area contributed by atoms with Crippen molar-refractivity contribution in [3.63, 3.8) is 0 Å². The zero-order chi connectivity index (χ0) is 17.1. The van der Waals surface area contributed by atoms with Gasteiger partial charge in [-0.1, -0.05) is 0 Å². The molecule has 6 nitrogen and oxygen atoms in total. The Balaban J connectivity index is 1.43. The fraction of sp³-hybridized carbons (Fsp3) is 0.778. The van der Waals surface area contributed by atoms with E-state index in [4.69, 9.17) is 4.74 Å². The molecule has 1 aromatic rings. The van der Waals surface area contributed by atoms with Crippen molar-refractivity contribution in [1.29, 1.82) is 0 Å². The molecule has 2 aliphatic rings. The number of nitrogens with zero attached hydrogens (tertiary/aromatic N) is 2. The number of amides is 1. The van der Waals surface area contributed by atoms with Gasteiger partial charge in [0.1, 0.15) is 0 Å². The number of hydrogen-bond acceptors (Lipinski definition) is 4. The summed E-state index contributed by atoms with van der Waals surface area (Å²) in [7, 11) is 1.95. The highest BCUT2D eigenvalue weighted by Crippen LogP contribution is 2.22. The molecule has 3 rings (SSSR count). The first-order valence-corrected chi connectivity index (χ1v) is 9.17. The van der Waals surface area contributed by atoms with Crippen LogP contribution in [-0.4, -0.2) is 47.0 Å². The number of carbonyl (C=O) groups is 1. The van der Waals surface area contributed by atoms with Crippen LogP contribution in [0.1, 0.15) is 49.1 Å². The van der Waals surface area contributed by atoms with Crippen molar-refractivity contribution in [3.05, 3.63) is 17.0 Å². The number of aromatic nitrogens is 2. The second kappa shape index (κ2) is 7.66. The van der Waals surface area contributed by atoms with Crippen LogP contribution in [0.5, 0.6) is 0 Å². The minimum absolute atomic E-state index is 0.154. The van der Waals surface area contributed by atoms with E-state index in [-0.39, 0.29) is 11.9 Å². The van der Waals surface area contributed by atoms with Crippen molar-refractivity contribution in [2.45, 2.75) is 70.5 Å². The molecular formula is C18H30N4O2. The quantitative estimate of drug-likeness (QED) is 0.825. The molecule has 1 aliphatic carbocycles. The van der Waals surface area contributed by atoms with Gasteiger partial charge in [-0.3, -0.25) is 9.48 Å². The third-order valence-electron chi connectivity index (χ3n) is 5.55. The standard InChI is InChI=1S/C18H30N4O2/c1-12-15(13(2)22(3)21-12)4-7-18(23)20-17-6-5-16(17)19-14-8-10-24-11-9-14/h14,16-17,19H,4-11H2,1-3H3,(H,20,23)/t16-,17+/m0/s1. The lowest BCUT2D eigenvalue weighted by molar-refractivity contribution is -0.122. The summed E-state index contributed by atoms with van der Waals surface area (Å²) < 4.78 is 7.29. The van der Waals surface area contributed by atoms with Gasteiger partial charge in [0.15, 0.2) is 0 Å². The Morgan fingerprint density at radius 1 is 1.21 bits per heavy atom. The second-order valence-electron chi connectivity index (χ2n) is 7.18. The van der Waals surface area contributed by atoms with E-state index in [0.29, 0.717) is 18.5 Å². The van der Waals surface area contributed by atoms with Crippen molar-refractivity contribution in [1.82, 2.24) is 20.4 Å². The first-order valence-electron chi connectivity index (χ1n) is 9.17. The van der Waals surface area contributed by atoms with E-state index < -0.39 is 0 Å². The van der Waals surface area contributed by atoms with Crippen LogP contribution >= 0.6 is 0 Å². The molecule has 6 heteroatoms. The van der Waals surface area contributed by atoms with Crippen LogP contribution in [0.3, 0.4) is 0 Å². The fourth-order valence-corrected chi connectivity index (χ4v) is 3.74. The predicted octanol–water partition coefficient (Wildman–Crippen LogP) is 1.39. The first-order chi connectivity index (χ1) is 11.5. The second-order valence-corrected chi connectivity index (χ2v) is 7.18. The Hall–Kier alpha value is -1.40. The average molecular weight is 334 g/mol. The molecule has 1 saturated carbocycles. The van der Waals surface area contributed by atoms with Gasteiger partial charge in [-0.15, -0.1) is 0 Å². The summed E-state index contributed by atoms with van der Waals surface area (Å²) in [6, 6.07) is 1.26. The molecular weight excluding hydrogens is 304 g/mol. The van der Waals surface area contributed by atoms with Gasteiger partial charge in [-0.2, -0.15) is 5.10 Å². The first kappa shape index (κ1) is 17.4. The number of carbonyl (C=O) groups excluding carboxylic acids is 1. The fourth-order valence-electron chi connectivity index (χ4n) is 3.74. The van der Waals surface area contributed by atoms with Gasteiger partial charge < -0.3 is 15.4 Å². The molecule has 0 unspecified atom stereocenters. The average Bonchev–Trinajstić information content (AvgIpc) is 2.81. The third-order valence-corrected chi connectivity index (χ3v) is 5.55. The molecule has 2 fully saturated rings. The molecule has 2 heterocycles. The van der Waals surface area contributed by atoms with Crippen LogP contribution in [0.25, 0.3) is 0 Å². The Morgan fingerprint density at radius 3 is 2.50 bits per heavy atom. The van der Waals surface area contributed by atoms with Crippen LogP contribution in [-0.2, 0) is 23.0 Å². The molecule has 134 valence electrons. The molecule has 1 saturated heterocycles. The van der Waals surface area contributed by atoms with Gasteiger partial charge in [-0.25, -0.2) is 0 Å². The lowest BCUT2D eigenvalue weighted by atomic mass is 9.85. The Morgan fingerprint density at radius 2 is 1.92 bits per heavy atom. The summed E-state index contributed by atoms with van der Waals surface area (Å²) in [6.07, 6.45) is 5.70. The molecule has 0 spiro atoms. The third kappa shape index (κ3) is 3.98. The monoisotopic (exact) mass is 334 g/mol. The topological polar surface area (TPSA) is 68.2 Å². The van der Waals surface area contributed by atoms with E-state index in [0.717, 1.165) is 56.7 Å². The molecule has 1 aromatic heterocycles. The number of nitrogens with one attached hydrogen (secondary N) is 2. The van der Waals surface area contributed by atoms with Gasteiger partial charge in [0.2, 0.25) is 5.91 Å². The predicted molar refractivity (Wildman–Crippen MR) is 92.9 cm³/mol. The van der Waals surface area contributed by atoms with E-state index in [1.54, 1.807) is 0 Å². The van der Waals surface area contributed by atoms with Crippen LogP contribution in [0.4, 0.5) is 0 Å². The maximum Gasteiger partial charge on any atom is 0.220 e. The number of ether oxygens (including phenoxy) is 1. The summed E-state index contributed by atoms with van der Waals surface area (Å²) >= 11 is 0. The van der Waals surface area contributed by atoms with Gasteiger partial charge in [0.05, 0.1) is 5.69 Å². The molecule has 0 bridgehead atoms. The Labute approximate surface area is 144 Å². The minimum atomic E-state index is 0.154. The van der Waals surface area contributed by atoms with Crippen LogP contribution in [0.2, 0.25) is 0 Å². The van der Waals surface area contributed by atoms with E-state index >= 15 is 0 Å². The van der Waals surface area contributed by atoms with E-state index in [1.165, 1.54) is 5.56 Å². The van der Waals surface area contributed by atoms with Gasteiger partial charge in [0, 0.05) is 50.5 Å². The van der Waals surface area contributed by atoms with Gasteiger partial charge in [-0.05, 0) is 51.5 Å². The summed E-state index contributed by atoms with van der Waals surface area (Å²) in [5.74, 6) is 0.154. The maximum atomic E-state index is 12.3. The minimum Gasteiger partial charge on any atom is -0.381 e. The summed E-state index contributed by atoms with van der Waals surface area (Å²) in [5.41, 5.74) is 3.40. The van der Waals surface area contributed by atoms with Crippen molar-refractivity contribution >= 4 is 5.91 Å². The van der Waals surface area contributed by atoms with Crippen LogP contribution < -0.4 is 10.6 Å². The van der Waals surface area contributed by atoms with Gasteiger partial charge >= 0.3 is 0 Å². The van der Waals surface area contributed by atoms with Crippen molar-refractivity contribution in [3.8, 4) is 0 Å². The molecule has 0 radical (unpaired) electrons. The van der Waals surface area contributed by atoms with Crippen LogP contribution in [0, 0.1) is 13.8 Å². The number of rotatable bonds is 6. The summed E-state index contributed by atoms with van der Waals surface area (Å²) in [5, 5.41) is 11.3. The SMILES string of the molecule is Cc1nn(C)c(C)c1CCC(=O)N[C@@H]1CC[C@@H]1NC1CCOCC1. The van der Waals surface area contributed by atoms with E-state index in [1.807, 2.05) is 18.7 Å². The number of hydrogen-bond donors (Lipinski definition) is 2. The van der Waals surface area contributed by atoms with Crippen molar-refractivity contribution in [2.24, 2.45) is 7.05 Å². The molecule has 2 atom stereocenters. The smallest absolute Gasteiger partial charge is 0.220 e. The molecule has 1 amide bonds. The molecule has 0 aromatic carbocycles. The Kier molecular flexibility index (Phi) is 5.56. The van der Waals surface area contributed by atoms with E-state index in [9.17, 15) is 4.79 Å². The summed E-state index contributed by atoms with van der Waals surface area (Å²) in [6.45, 7) is 5.78. The van der Waals surface area contributed by atoms with Crippen molar-refractivity contribution in [2.75, 3.05) is 13.2 Å². The van der Waals surface area contributed by atoms with Crippen LogP contribution in [0.15, 0.2) is 0 Å². The normalized spacial score (nSPS) is 24.6. The Bertz CT molecular complexity index is 578. The highest BCUT2D eigenvalue weighted by atomic mass is 16.5. The number of aryl methyl sites for hydroxylation is 2. The molecule has 24 heavy (non-hydrogen) atoms.